The number of hydrogen-bond donors (Lipinski definition) is 1. The van der Waals surface area contributed by atoms with Crippen LogP contribution in [0.4, 0.5) is 35.1 Å². The summed E-state index contributed by atoms with van der Waals surface area (Å²) in [4.78, 5) is 10.5. The molecule has 0 aromatic heterocycles. The van der Waals surface area contributed by atoms with Crippen molar-refractivity contribution in [2.45, 2.75) is 170 Å². The normalized spacial score (nSPS) is 23.8. The SMILES string of the molecule is CCOCO[C@@H]1C(OS(=O)C(F)(F)C(F)(F)OC(F)(F)C(F)(F)CCCCCCCCCCCCCCCCC(=O)O)[C@H](OC)O[C@H]2COC(c3ccccc3)O[C@H]21. The maximum atomic E-state index is 15.1. The van der Waals surface area contributed by atoms with Gasteiger partial charge in [-0.05, 0) is 19.8 Å². The third-order valence-corrected chi connectivity index (χ3v) is 10.7. The van der Waals surface area contributed by atoms with Crippen LogP contribution in [0.5, 0.6) is 0 Å². The first-order chi connectivity index (χ1) is 27.5. The van der Waals surface area contributed by atoms with Gasteiger partial charge in [-0.1, -0.05) is 107 Å². The van der Waals surface area contributed by atoms with Crippen LogP contribution in [0.2, 0.25) is 0 Å². The second-order valence-electron chi connectivity index (χ2n) is 14.2. The number of carboxylic acid groups (broad SMARTS) is 1. The Kier molecular flexibility index (Phi) is 21.2. The minimum absolute atomic E-state index is 0.0540. The lowest BCUT2D eigenvalue weighted by Gasteiger charge is -2.48. The standard InChI is InChI=1S/C38H56F8O11S/c1-3-51-26-53-31-30-28(25-52-33(55-30)27-21-17-16-18-22-27)54-34(50-2)32(31)56-58(49)38(45,46)37(43,44)57-36(41,42)35(39,40)24-20-15-13-11-9-7-5-4-6-8-10-12-14-19-23-29(47)48/h16-18,21-22,28,30-34H,3-15,19-20,23-26H2,1-2H3,(H,47,48)/t28-,30+,31-,32?,33?,34+,58?/m0/s1. The lowest BCUT2D eigenvalue weighted by molar-refractivity contribution is -0.456. The number of carbonyl (C=O) groups is 1. The van der Waals surface area contributed by atoms with Crippen molar-refractivity contribution in [3.05, 3.63) is 35.9 Å². The van der Waals surface area contributed by atoms with Crippen molar-refractivity contribution >= 4 is 17.0 Å². The number of benzene rings is 1. The van der Waals surface area contributed by atoms with Gasteiger partial charge in [0.15, 0.2) is 18.7 Å². The fraction of sp³-hybridized carbons (Fsp3) is 0.816. The van der Waals surface area contributed by atoms with Crippen LogP contribution in [-0.2, 0) is 53.2 Å². The number of aliphatic carboxylic acids is 1. The summed E-state index contributed by atoms with van der Waals surface area (Å²) in [5, 5.41) is 2.52. The van der Waals surface area contributed by atoms with E-state index in [-0.39, 0.29) is 26.1 Å². The quantitative estimate of drug-likeness (QED) is 0.0451. The van der Waals surface area contributed by atoms with Crippen molar-refractivity contribution in [2.75, 3.05) is 27.1 Å². The third-order valence-electron chi connectivity index (χ3n) is 9.70. The van der Waals surface area contributed by atoms with E-state index in [1.165, 1.54) is 0 Å². The van der Waals surface area contributed by atoms with Crippen LogP contribution in [-0.4, -0.2) is 96.5 Å². The molecule has 2 aliphatic rings. The molecule has 2 fully saturated rings. The Hall–Kier alpha value is -2.04. The van der Waals surface area contributed by atoms with Crippen LogP contribution in [0.15, 0.2) is 30.3 Å². The molecule has 3 rings (SSSR count). The van der Waals surface area contributed by atoms with Gasteiger partial charge < -0.3 is 33.5 Å². The minimum Gasteiger partial charge on any atom is -0.481 e. The van der Waals surface area contributed by atoms with Crippen molar-refractivity contribution in [3.8, 4) is 0 Å². The van der Waals surface area contributed by atoms with Crippen molar-refractivity contribution in [1.82, 2.24) is 0 Å². The Balaban J connectivity index is 1.50. The monoisotopic (exact) mass is 872 g/mol. The first-order valence-corrected chi connectivity index (χ1v) is 20.8. The van der Waals surface area contributed by atoms with Gasteiger partial charge >= 0.3 is 29.4 Å². The van der Waals surface area contributed by atoms with Gasteiger partial charge in [0.05, 0.1) is 6.61 Å². The van der Waals surface area contributed by atoms with Crippen LogP contribution in [0.1, 0.15) is 122 Å². The number of rotatable bonds is 30. The number of unbranched alkanes of at least 4 members (excludes halogenated alkanes) is 13. The molecule has 1 aromatic carbocycles. The number of halogens is 8. The smallest absolute Gasteiger partial charge is 0.439 e. The molecule has 1 aromatic rings. The highest BCUT2D eigenvalue weighted by Gasteiger charge is 2.72. The van der Waals surface area contributed by atoms with E-state index in [0.717, 1.165) is 64.9 Å². The fourth-order valence-electron chi connectivity index (χ4n) is 6.46. The number of alkyl halides is 8. The largest absolute Gasteiger partial charge is 0.481 e. The summed E-state index contributed by atoms with van der Waals surface area (Å²) >= 11 is -4.55. The molecule has 58 heavy (non-hydrogen) atoms. The third kappa shape index (κ3) is 15.1. The molecular weight excluding hydrogens is 816 g/mol. The second kappa shape index (κ2) is 24.4. The van der Waals surface area contributed by atoms with Crippen LogP contribution < -0.4 is 0 Å². The van der Waals surface area contributed by atoms with Crippen LogP contribution in [0, 0.1) is 0 Å². The van der Waals surface area contributed by atoms with E-state index < -0.39 is 97.1 Å². The Morgan fingerprint density at radius 3 is 1.88 bits per heavy atom. The Bertz CT molecular complexity index is 1350. The lowest BCUT2D eigenvalue weighted by atomic mass is 9.97. The fourth-order valence-corrected chi connectivity index (χ4v) is 7.22. The predicted octanol–water partition coefficient (Wildman–Crippen LogP) is 9.66. The molecule has 0 saturated carbocycles. The van der Waals surface area contributed by atoms with Crippen molar-refractivity contribution in [1.29, 1.82) is 0 Å². The van der Waals surface area contributed by atoms with Gasteiger partial charge in [0.1, 0.15) is 25.1 Å². The van der Waals surface area contributed by atoms with E-state index >= 15 is 8.78 Å². The first-order valence-electron chi connectivity index (χ1n) is 19.7. The Morgan fingerprint density at radius 1 is 0.793 bits per heavy atom. The average molecular weight is 873 g/mol. The maximum absolute atomic E-state index is 15.1. The van der Waals surface area contributed by atoms with Gasteiger partial charge in [0.25, 0.3) is 0 Å². The zero-order valence-corrected chi connectivity index (χ0v) is 33.6. The molecule has 0 amide bonds. The molecule has 0 aliphatic carbocycles. The molecule has 336 valence electrons. The zero-order valence-electron chi connectivity index (χ0n) is 32.7. The number of fused-ring (bicyclic) bond motifs is 1. The summed E-state index contributed by atoms with van der Waals surface area (Å²) in [5.74, 6) is -6.08. The van der Waals surface area contributed by atoms with E-state index in [1.807, 2.05) is 0 Å². The molecular formula is C38H56F8O11S. The van der Waals surface area contributed by atoms with Gasteiger partial charge in [-0.25, -0.2) is 8.95 Å². The summed E-state index contributed by atoms with van der Waals surface area (Å²) < 4.78 is 172. The van der Waals surface area contributed by atoms with E-state index in [4.69, 9.17) is 37.7 Å². The summed E-state index contributed by atoms with van der Waals surface area (Å²) in [7, 11) is 1.02. The molecule has 0 spiro atoms. The second-order valence-corrected chi connectivity index (χ2v) is 15.4. The highest BCUT2D eigenvalue weighted by Crippen LogP contribution is 2.48. The molecule has 1 N–H and O–H groups in total. The van der Waals surface area contributed by atoms with Gasteiger partial charge in [0.2, 0.25) is 11.1 Å². The van der Waals surface area contributed by atoms with E-state index in [9.17, 15) is 35.3 Å². The highest BCUT2D eigenvalue weighted by atomic mass is 32.2. The van der Waals surface area contributed by atoms with E-state index in [0.29, 0.717) is 24.8 Å². The topological polar surface area (TPSA) is 128 Å². The first kappa shape index (κ1) is 50.3. The van der Waals surface area contributed by atoms with E-state index in [2.05, 4.69) is 4.74 Å². The van der Waals surface area contributed by atoms with Crippen molar-refractivity contribution in [3.63, 3.8) is 0 Å². The number of ether oxygens (including phenoxy) is 7. The predicted molar refractivity (Wildman–Crippen MR) is 192 cm³/mol. The molecule has 2 aliphatic heterocycles. The average Bonchev–Trinajstić information content (AvgIpc) is 3.17. The van der Waals surface area contributed by atoms with Crippen molar-refractivity contribution < 1.29 is 86.6 Å². The minimum atomic E-state index is -6.43. The van der Waals surface area contributed by atoms with Crippen LogP contribution >= 0.6 is 0 Å². The summed E-state index contributed by atoms with van der Waals surface area (Å²) in [6, 6.07) is 8.39. The Labute approximate surface area is 336 Å². The molecule has 2 heterocycles. The number of hydrogen-bond acceptors (Lipinski definition) is 10. The molecule has 7 atom stereocenters. The highest BCUT2D eigenvalue weighted by molar-refractivity contribution is 7.81. The molecule has 3 unspecified atom stereocenters. The number of carboxylic acids is 1. The van der Waals surface area contributed by atoms with Gasteiger partial charge in [-0.2, -0.15) is 35.1 Å². The maximum Gasteiger partial charge on any atom is 0.439 e. The van der Waals surface area contributed by atoms with Gasteiger partial charge in [0, 0.05) is 32.1 Å². The lowest BCUT2D eigenvalue weighted by Crippen LogP contribution is -2.64. The van der Waals surface area contributed by atoms with Crippen LogP contribution in [0.3, 0.4) is 0 Å². The molecule has 0 bridgehead atoms. The molecule has 2 saturated heterocycles. The summed E-state index contributed by atoms with van der Waals surface area (Å²) in [6.07, 6.45) is -12.8. The summed E-state index contributed by atoms with van der Waals surface area (Å²) in [6.45, 7) is 1.03. The summed E-state index contributed by atoms with van der Waals surface area (Å²) in [5.41, 5.74) is 0.523. The number of methoxy groups -OCH3 is 1. The van der Waals surface area contributed by atoms with Gasteiger partial charge in [-0.3, -0.25) is 8.98 Å². The molecule has 0 radical (unpaired) electrons. The van der Waals surface area contributed by atoms with Gasteiger partial charge in [-0.15, -0.1) is 0 Å². The zero-order chi connectivity index (χ0) is 42.8. The molecule has 20 heteroatoms. The Morgan fingerprint density at radius 2 is 1.34 bits per heavy atom. The van der Waals surface area contributed by atoms with Crippen molar-refractivity contribution in [2.24, 2.45) is 0 Å². The van der Waals surface area contributed by atoms with Crippen LogP contribution in [0.25, 0.3) is 0 Å². The van der Waals surface area contributed by atoms with E-state index in [1.54, 1.807) is 37.3 Å². The molecule has 11 nitrogen and oxygen atoms in total.